The lowest BCUT2D eigenvalue weighted by molar-refractivity contribution is -0.134. The van der Waals surface area contributed by atoms with Crippen LogP contribution in [0, 0.1) is 5.92 Å². The first-order chi connectivity index (χ1) is 15.3. The van der Waals surface area contributed by atoms with E-state index < -0.39 is 5.54 Å². The summed E-state index contributed by atoms with van der Waals surface area (Å²) in [6, 6.07) is 10.5. The number of nitrogens with two attached hydrogens (primary N) is 1. The molecular weight excluding hydrogens is 420 g/mol. The van der Waals surface area contributed by atoms with Gasteiger partial charge in [0.05, 0.1) is 5.92 Å². The van der Waals surface area contributed by atoms with Crippen LogP contribution >= 0.6 is 11.3 Å². The van der Waals surface area contributed by atoms with Gasteiger partial charge in [0.15, 0.2) is 5.96 Å². The van der Waals surface area contributed by atoms with Crippen LogP contribution in [0.3, 0.4) is 0 Å². The summed E-state index contributed by atoms with van der Waals surface area (Å²) < 4.78 is 0. The first-order valence-electron chi connectivity index (χ1n) is 11.2. The summed E-state index contributed by atoms with van der Waals surface area (Å²) in [6.07, 6.45) is 0.767. The van der Waals surface area contributed by atoms with Crippen LogP contribution in [-0.2, 0) is 10.3 Å². The zero-order valence-corrected chi connectivity index (χ0v) is 20.3. The molecule has 172 valence electrons. The van der Waals surface area contributed by atoms with E-state index in [0.29, 0.717) is 5.96 Å². The number of hydrogen-bond acceptors (Lipinski definition) is 7. The van der Waals surface area contributed by atoms with Gasteiger partial charge in [0, 0.05) is 50.8 Å². The van der Waals surface area contributed by atoms with Crippen molar-refractivity contribution in [1.29, 1.82) is 0 Å². The van der Waals surface area contributed by atoms with Crippen LogP contribution in [0.4, 0.5) is 5.69 Å². The van der Waals surface area contributed by atoms with E-state index in [1.54, 1.807) is 18.4 Å². The van der Waals surface area contributed by atoms with Crippen molar-refractivity contribution in [2.24, 2.45) is 16.6 Å². The predicted molar refractivity (Wildman–Crippen MR) is 133 cm³/mol. The highest BCUT2D eigenvalue weighted by Gasteiger charge is 2.47. The Labute approximate surface area is 194 Å². The molecule has 0 unspecified atom stereocenters. The van der Waals surface area contributed by atoms with Crippen molar-refractivity contribution in [3.8, 4) is 11.1 Å². The summed E-state index contributed by atoms with van der Waals surface area (Å²) in [6.45, 7) is 7.19. The van der Waals surface area contributed by atoms with Gasteiger partial charge in [-0.15, -0.1) is 11.3 Å². The second-order valence-corrected chi connectivity index (χ2v) is 9.94. The van der Waals surface area contributed by atoms with Crippen molar-refractivity contribution in [3.63, 3.8) is 0 Å². The average Bonchev–Trinajstić information content (AvgIpc) is 3.30. The fourth-order valence-electron chi connectivity index (χ4n) is 4.60. The van der Waals surface area contributed by atoms with E-state index in [9.17, 15) is 4.79 Å². The number of nitrogens with zero attached hydrogens (tertiary/aromatic N) is 4. The van der Waals surface area contributed by atoms with Crippen molar-refractivity contribution in [1.82, 2.24) is 14.7 Å². The van der Waals surface area contributed by atoms with Crippen LogP contribution in [-0.4, -0.2) is 80.4 Å². The van der Waals surface area contributed by atoms with E-state index in [1.165, 1.54) is 4.90 Å². The number of rotatable bonds is 6. The van der Waals surface area contributed by atoms with Crippen LogP contribution < -0.4 is 11.1 Å². The molecule has 2 atom stereocenters. The molecule has 7 nitrogen and oxygen atoms in total. The minimum absolute atomic E-state index is 0.0567. The van der Waals surface area contributed by atoms with E-state index in [-0.39, 0.29) is 11.8 Å². The molecule has 1 fully saturated rings. The summed E-state index contributed by atoms with van der Waals surface area (Å²) in [5, 5.41) is 5.35. The standard InChI is InChI=1S/C24H34N6OS/c1-24(21-15-18(16-32-21)17-6-5-7-19(14-17)26-2)20(22(31)29(4)23(25)27-24)8-9-30-12-10-28(3)11-13-30/h5-7,14-16,20,26H,8-13H2,1-4H3,(H2,25,27)/t20-,24-/m0/s1. The number of carbonyl (C=O) groups is 1. The zero-order valence-electron chi connectivity index (χ0n) is 19.5. The monoisotopic (exact) mass is 454 g/mol. The Balaban J connectivity index is 1.61. The molecule has 32 heavy (non-hydrogen) atoms. The highest BCUT2D eigenvalue weighted by atomic mass is 32.1. The third kappa shape index (κ3) is 4.40. The van der Waals surface area contributed by atoms with E-state index >= 15 is 0 Å². The first kappa shape index (κ1) is 22.8. The summed E-state index contributed by atoms with van der Waals surface area (Å²) in [4.78, 5) is 25.6. The second kappa shape index (κ2) is 9.21. The van der Waals surface area contributed by atoms with Crippen molar-refractivity contribution < 1.29 is 4.79 Å². The molecular formula is C24H34N6OS. The fourth-order valence-corrected chi connectivity index (χ4v) is 5.68. The Morgan fingerprint density at radius 2 is 1.94 bits per heavy atom. The molecule has 0 spiro atoms. The maximum Gasteiger partial charge on any atom is 0.235 e. The van der Waals surface area contributed by atoms with Gasteiger partial charge in [-0.3, -0.25) is 9.69 Å². The van der Waals surface area contributed by atoms with Gasteiger partial charge < -0.3 is 20.9 Å². The van der Waals surface area contributed by atoms with E-state index in [1.807, 2.05) is 19.2 Å². The summed E-state index contributed by atoms with van der Waals surface area (Å²) in [5.74, 6) is 0.108. The SMILES string of the molecule is CNc1cccc(-c2csc([C@@]3(C)N=C(N)N(C)C(=O)[C@@H]3CCN3CCN(C)CC3)c2)c1. The Kier molecular flexibility index (Phi) is 6.55. The first-order valence-corrected chi connectivity index (χ1v) is 12.1. The average molecular weight is 455 g/mol. The number of nitrogens with one attached hydrogen (secondary N) is 1. The molecule has 1 amide bonds. The molecule has 8 heteroatoms. The van der Waals surface area contributed by atoms with Gasteiger partial charge in [0.2, 0.25) is 5.91 Å². The van der Waals surface area contributed by atoms with Crippen LogP contribution in [0.2, 0.25) is 0 Å². The highest BCUT2D eigenvalue weighted by Crippen LogP contribution is 2.44. The Hall–Kier alpha value is -2.42. The normalized spacial score (nSPS) is 25.1. The summed E-state index contributed by atoms with van der Waals surface area (Å²) in [7, 11) is 5.81. The van der Waals surface area contributed by atoms with Crippen molar-refractivity contribution in [2.45, 2.75) is 18.9 Å². The van der Waals surface area contributed by atoms with Gasteiger partial charge in [0.1, 0.15) is 5.54 Å². The fraction of sp³-hybridized carbons (Fsp3) is 0.500. The van der Waals surface area contributed by atoms with Gasteiger partial charge in [-0.05, 0) is 61.6 Å². The molecule has 1 aromatic carbocycles. The van der Waals surface area contributed by atoms with Gasteiger partial charge in [-0.2, -0.15) is 0 Å². The minimum atomic E-state index is -0.663. The lowest BCUT2D eigenvalue weighted by Gasteiger charge is -2.41. The largest absolute Gasteiger partial charge is 0.388 e. The third-order valence-electron chi connectivity index (χ3n) is 6.91. The predicted octanol–water partition coefficient (Wildman–Crippen LogP) is 2.71. The molecule has 2 aliphatic heterocycles. The summed E-state index contributed by atoms with van der Waals surface area (Å²) in [5.41, 5.74) is 8.89. The lowest BCUT2D eigenvalue weighted by Crippen LogP contribution is -2.54. The molecule has 0 aliphatic carbocycles. The number of hydrogen-bond donors (Lipinski definition) is 2. The van der Waals surface area contributed by atoms with Crippen molar-refractivity contribution in [3.05, 3.63) is 40.6 Å². The quantitative estimate of drug-likeness (QED) is 0.702. The molecule has 0 radical (unpaired) electrons. The molecule has 0 saturated carbocycles. The van der Waals surface area contributed by atoms with Gasteiger partial charge in [0.25, 0.3) is 0 Å². The van der Waals surface area contributed by atoms with Gasteiger partial charge >= 0.3 is 0 Å². The highest BCUT2D eigenvalue weighted by molar-refractivity contribution is 7.10. The maximum atomic E-state index is 13.3. The van der Waals surface area contributed by atoms with Crippen LogP contribution in [0.5, 0.6) is 0 Å². The van der Waals surface area contributed by atoms with E-state index in [0.717, 1.165) is 60.8 Å². The van der Waals surface area contributed by atoms with Crippen LogP contribution in [0.15, 0.2) is 40.7 Å². The van der Waals surface area contributed by atoms with Crippen LogP contribution in [0.25, 0.3) is 11.1 Å². The molecule has 3 N–H and O–H groups in total. The number of guanidine groups is 1. The number of amides is 1. The van der Waals surface area contributed by atoms with E-state index in [2.05, 4.69) is 52.7 Å². The van der Waals surface area contributed by atoms with Crippen LogP contribution in [0.1, 0.15) is 18.2 Å². The summed E-state index contributed by atoms with van der Waals surface area (Å²) >= 11 is 1.66. The maximum absolute atomic E-state index is 13.3. The van der Waals surface area contributed by atoms with E-state index in [4.69, 9.17) is 10.7 Å². The molecule has 1 aromatic heterocycles. The topological polar surface area (TPSA) is 77.2 Å². The number of thiophene rings is 1. The number of benzene rings is 1. The van der Waals surface area contributed by atoms with Gasteiger partial charge in [-0.1, -0.05) is 12.1 Å². The molecule has 2 aromatic rings. The molecule has 2 aliphatic rings. The molecule has 0 bridgehead atoms. The molecule has 1 saturated heterocycles. The van der Waals surface area contributed by atoms with Crippen molar-refractivity contribution >= 4 is 28.9 Å². The van der Waals surface area contributed by atoms with Gasteiger partial charge in [-0.25, -0.2) is 4.99 Å². The minimum Gasteiger partial charge on any atom is -0.388 e. The Morgan fingerprint density at radius 3 is 2.66 bits per heavy atom. The Bertz CT molecular complexity index is 996. The second-order valence-electron chi connectivity index (χ2n) is 9.03. The number of carbonyl (C=O) groups excluding carboxylic acids is 1. The number of anilines is 1. The number of piperazine rings is 1. The molecule has 4 rings (SSSR count). The molecule has 3 heterocycles. The third-order valence-corrected chi connectivity index (χ3v) is 8.07. The Morgan fingerprint density at radius 1 is 1.19 bits per heavy atom. The smallest absolute Gasteiger partial charge is 0.235 e. The van der Waals surface area contributed by atoms with Crippen molar-refractivity contribution in [2.75, 3.05) is 59.2 Å². The number of aliphatic imine (C=N–C) groups is 1. The lowest BCUT2D eigenvalue weighted by atomic mass is 9.79. The zero-order chi connectivity index (χ0) is 22.9. The number of likely N-dealkylation sites (N-methyl/N-ethyl adjacent to an activating group) is 1.